The van der Waals surface area contributed by atoms with Crippen molar-refractivity contribution in [3.05, 3.63) is 0 Å². The predicted molar refractivity (Wildman–Crippen MR) is 93.0 cm³/mol. The highest BCUT2D eigenvalue weighted by Crippen LogP contribution is 2.64. The topological polar surface area (TPSA) is 82.7 Å². The Labute approximate surface area is 151 Å². The molecule has 1 heterocycles. The van der Waals surface area contributed by atoms with Gasteiger partial charge >= 0.3 is 0 Å². The number of rotatable bonds is 3. The minimum Gasteiger partial charge on any atom is -0.367 e. The standard InChI is InChI=1S/C20H33NO4/c1-17(2,3)19(7,18(4,5)6)15(22)24-13-11-8-12-14(13)25-16(23)20(12,9-11)10-21/h11-16,22-23H,8-9H2,1-7H3. The summed E-state index contributed by atoms with van der Waals surface area (Å²) in [6, 6.07) is 2.31. The summed E-state index contributed by atoms with van der Waals surface area (Å²) in [6.45, 7) is 14.8. The molecule has 2 aliphatic carbocycles. The highest BCUT2D eigenvalue weighted by Gasteiger charge is 2.71. The minimum atomic E-state index is -1.04. The van der Waals surface area contributed by atoms with Crippen molar-refractivity contribution in [2.24, 2.45) is 33.5 Å². The highest BCUT2D eigenvalue weighted by molar-refractivity contribution is 5.22. The summed E-state index contributed by atoms with van der Waals surface area (Å²) in [7, 11) is 0. The van der Waals surface area contributed by atoms with Crippen molar-refractivity contribution in [2.45, 2.75) is 86.1 Å². The van der Waals surface area contributed by atoms with Crippen LogP contribution in [0.1, 0.15) is 61.3 Å². The highest BCUT2D eigenvalue weighted by atomic mass is 16.7. The van der Waals surface area contributed by atoms with Crippen LogP contribution in [0, 0.1) is 44.8 Å². The van der Waals surface area contributed by atoms with Crippen molar-refractivity contribution < 1.29 is 19.7 Å². The molecule has 25 heavy (non-hydrogen) atoms. The third-order valence-electron chi connectivity index (χ3n) is 7.83. The second kappa shape index (κ2) is 5.42. The molecule has 5 nitrogen and oxygen atoms in total. The number of nitriles is 1. The molecule has 0 amide bonds. The fraction of sp³-hybridized carbons (Fsp3) is 0.950. The van der Waals surface area contributed by atoms with Crippen LogP contribution in [-0.4, -0.2) is 35.0 Å². The zero-order valence-corrected chi connectivity index (χ0v) is 16.5. The number of aliphatic hydroxyl groups is 2. The molecule has 0 aromatic heterocycles. The molecule has 0 aromatic rings. The molecule has 7 unspecified atom stereocenters. The van der Waals surface area contributed by atoms with Crippen molar-refractivity contribution >= 4 is 0 Å². The summed E-state index contributed by atoms with van der Waals surface area (Å²) >= 11 is 0. The van der Waals surface area contributed by atoms with E-state index in [1.807, 2.05) is 0 Å². The van der Waals surface area contributed by atoms with Gasteiger partial charge in [0.2, 0.25) is 0 Å². The van der Waals surface area contributed by atoms with Crippen molar-refractivity contribution in [2.75, 3.05) is 0 Å². The van der Waals surface area contributed by atoms with E-state index in [0.29, 0.717) is 6.42 Å². The van der Waals surface area contributed by atoms with Crippen LogP contribution >= 0.6 is 0 Å². The van der Waals surface area contributed by atoms with Gasteiger partial charge in [-0.3, -0.25) is 0 Å². The average Bonchev–Trinajstić information content (AvgIpc) is 3.05. The number of aliphatic hydroxyl groups excluding tert-OH is 2. The van der Waals surface area contributed by atoms with Gasteiger partial charge in [-0.05, 0) is 29.6 Å². The lowest BCUT2D eigenvalue weighted by atomic mass is 9.54. The largest absolute Gasteiger partial charge is 0.367 e. The molecule has 0 radical (unpaired) electrons. The first-order chi connectivity index (χ1) is 11.3. The number of nitrogens with zero attached hydrogens (tertiary/aromatic N) is 1. The molecule has 5 heteroatoms. The summed E-state index contributed by atoms with van der Waals surface area (Å²) in [5.74, 6) is 0.163. The summed E-state index contributed by atoms with van der Waals surface area (Å²) in [5.41, 5.74) is -1.60. The fourth-order valence-corrected chi connectivity index (χ4v) is 5.63. The molecule has 2 saturated carbocycles. The van der Waals surface area contributed by atoms with Crippen molar-refractivity contribution in [3.8, 4) is 6.07 Å². The summed E-state index contributed by atoms with van der Waals surface area (Å²) in [6.07, 6.45) is -1.14. The van der Waals surface area contributed by atoms with Crippen molar-refractivity contribution in [3.63, 3.8) is 0 Å². The molecule has 7 atom stereocenters. The monoisotopic (exact) mass is 351 g/mol. The average molecular weight is 351 g/mol. The Morgan fingerprint density at radius 2 is 1.72 bits per heavy atom. The Bertz CT molecular complexity index is 570. The van der Waals surface area contributed by atoms with Gasteiger partial charge in [-0.2, -0.15) is 5.26 Å². The maximum absolute atomic E-state index is 11.1. The minimum absolute atomic E-state index is 0.00484. The molecule has 2 N–H and O–H groups in total. The Morgan fingerprint density at radius 3 is 2.20 bits per heavy atom. The molecule has 3 rings (SSSR count). The first kappa shape index (κ1) is 19.1. The van der Waals surface area contributed by atoms with Gasteiger partial charge in [0, 0.05) is 11.3 Å². The smallest absolute Gasteiger partial charge is 0.174 e. The molecule has 1 aliphatic heterocycles. The molecule has 2 bridgehead atoms. The Balaban J connectivity index is 1.84. The first-order valence-corrected chi connectivity index (χ1v) is 9.38. The third-order valence-corrected chi connectivity index (χ3v) is 7.83. The Hall–Kier alpha value is -0.670. The van der Waals surface area contributed by atoms with Gasteiger partial charge < -0.3 is 19.7 Å². The number of hydrogen-bond donors (Lipinski definition) is 2. The van der Waals surface area contributed by atoms with Crippen LogP contribution < -0.4 is 0 Å². The van der Waals surface area contributed by atoms with E-state index in [1.165, 1.54) is 0 Å². The molecule has 3 fully saturated rings. The van der Waals surface area contributed by atoms with Gasteiger partial charge in [-0.1, -0.05) is 48.5 Å². The van der Waals surface area contributed by atoms with Gasteiger partial charge in [-0.25, -0.2) is 0 Å². The van der Waals surface area contributed by atoms with Crippen molar-refractivity contribution in [1.82, 2.24) is 0 Å². The predicted octanol–water partition coefficient (Wildman–Crippen LogP) is 3.06. The molecule has 3 aliphatic rings. The van der Waals surface area contributed by atoms with Crippen LogP contribution in [0.4, 0.5) is 0 Å². The second-order valence-electron chi connectivity index (χ2n) is 10.6. The molecule has 142 valence electrons. The van der Waals surface area contributed by atoms with E-state index >= 15 is 0 Å². The van der Waals surface area contributed by atoms with Crippen LogP contribution in [0.2, 0.25) is 0 Å². The summed E-state index contributed by atoms with van der Waals surface area (Å²) in [5, 5.41) is 31.0. The second-order valence-corrected chi connectivity index (χ2v) is 10.6. The lowest BCUT2D eigenvalue weighted by molar-refractivity contribution is -0.273. The fourth-order valence-electron chi connectivity index (χ4n) is 5.63. The normalized spacial score (nSPS) is 41.8. The summed E-state index contributed by atoms with van der Waals surface area (Å²) < 4.78 is 12.0. The molecular weight excluding hydrogens is 318 g/mol. The van der Waals surface area contributed by atoms with Crippen LogP contribution in [0.3, 0.4) is 0 Å². The zero-order valence-electron chi connectivity index (χ0n) is 16.5. The van der Waals surface area contributed by atoms with Gasteiger partial charge in [-0.15, -0.1) is 0 Å². The lowest BCUT2D eigenvalue weighted by Gasteiger charge is -2.54. The maximum atomic E-state index is 11.1. The van der Waals surface area contributed by atoms with Gasteiger partial charge in [0.15, 0.2) is 12.6 Å². The van der Waals surface area contributed by atoms with E-state index in [4.69, 9.17) is 9.47 Å². The Morgan fingerprint density at radius 1 is 1.16 bits per heavy atom. The number of fused-ring (bicyclic) bond motifs is 1. The lowest BCUT2D eigenvalue weighted by Crippen LogP contribution is -2.55. The van der Waals surface area contributed by atoms with Crippen molar-refractivity contribution in [1.29, 1.82) is 5.26 Å². The molecular formula is C20H33NO4. The van der Waals surface area contributed by atoms with E-state index in [9.17, 15) is 15.5 Å². The molecule has 1 saturated heterocycles. The van der Waals surface area contributed by atoms with E-state index in [0.717, 1.165) is 6.42 Å². The van der Waals surface area contributed by atoms with Crippen LogP contribution in [-0.2, 0) is 9.47 Å². The maximum Gasteiger partial charge on any atom is 0.174 e. The molecule has 0 spiro atoms. The van der Waals surface area contributed by atoms with Crippen LogP contribution in [0.15, 0.2) is 0 Å². The zero-order chi connectivity index (χ0) is 19.0. The van der Waals surface area contributed by atoms with E-state index in [1.54, 1.807) is 0 Å². The van der Waals surface area contributed by atoms with Gasteiger partial charge in [0.25, 0.3) is 0 Å². The quantitative estimate of drug-likeness (QED) is 0.764. The van der Waals surface area contributed by atoms with E-state index < -0.39 is 23.4 Å². The first-order valence-electron chi connectivity index (χ1n) is 9.38. The SMILES string of the molecule is CC(C)(C)C(C)(C(O)OC1C2CC3C1OC(O)C3(C#N)C2)C(C)(C)C. The number of ether oxygens (including phenoxy) is 2. The van der Waals surface area contributed by atoms with E-state index in [2.05, 4.69) is 54.5 Å². The van der Waals surface area contributed by atoms with E-state index in [-0.39, 0.29) is 34.9 Å². The summed E-state index contributed by atoms with van der Waals surface area (Å²) in [4.78, 5) is 0. The van der Waals surface area contributed by atoms with Crippen LogP contribution in [0.5, 0.6) is 0 Å². The van der Waals surface area contributed by atoms with Crippen LogP contribution in [0.25, 0.3) is 0 Å². The van der Waals surface area contributed by atoms with Gasteiger partial charge in [0.05, 0.1) is 18.3 Å². The molecule has 0 aromatic carbocycles. The van der Waals surface area contributed by atoms with Gasteiger partial charge in [0.1, 0.15) is 5.41 Å². The number of hydrogen-bond acceptors (Lipinski definition) is 5. The third kappa shape index (κ3) is 2.34. The Kier molecular flexibility index (Phi) is 4.14.